The molecular formula is C13H23NO. The predicted molar refractivity (Wildman–Crippen MR) is 62.8 cm³/mol. The SMILES string of the molecule is CC[C@H](COC)NC[C@@H]1C[C@H]2C=C[C@H]1C2. The summed E-state index contributed by atoms with van der Waals surface area (Å²) < 4.78 is 5.20. The van der Waals surface area contributed by atoms with E-state index < -0.39 is 0 Å². The first-order valence-electron chi connectivity index (χ1n) is 6.24. The third kappa shape index (κ3) is 2.61. The quantitative estimate of drug-likeness (QED) is 0.677. The zero-order valence-corrected chi connectivity index (χ0v) is 9.91. The predicted octanol–water partition coefficient (Wildman–Crippen LogP) is 2.21. The summed E-state index contributed by atoms with van der Waals surface area (Å²) in [6, 6.07) is 0.540. The largest absolute Gasteiger partial charge is 0.383 e. The van der Waals surface area contributed by atoms with Crippen molar-refractivity contribution in [3.63, 3.8) is 0 Å². The molecule has 0 aromatic carbocycles. The molecule has 0 aromatic rings. The number of ether oxygens (including phenoxy) is 1. The van der Waals surface area contributed by atoms with Crippen LogP contribution < -0.4 is 5.32 Å². The number of hydrogen-bond donors (Lipinski definition) is 1. The van der Waals surface area contributed by atoms with Gasteiger partial charge in [0, 0.05) is 13.2 Å². The third-order valence-corrected chi connectivity index (χ3v) is 3.95. The maximum atomic E-state index is 5.20. The summed E-state index contributed by atoms with van der Waals surface area (Å²) in [7, 11) is 1.78. The minimum Gasteiger partial charge on any atom is -0.383 e. The Morgan fingerprint density at radius 1 is 1.40 bits per heavy atom. The van der Waals surface area contributed by atoms with Gasteiger partial charge in [0.25, 0.3) is 0 Å². The van der Waals surface area contributed by atoms with Crippen molar-refractivity contribution in [2.24, 2.45) is 17.8 Å². The van der Waals surface area contributed by atoms with Gasteiger partial charge in [0.05, 0.1) is 6.61 Å². The molecule has 1 fully saturated rings. The van der Waals surface area contributed by atoms with E-state index in [0.29, 0.717) is 6.04 Å². The zero-order valence-electron chi connectivity index (χ0n) is 9.91. The maximum absolute atomic E-state index is 5.20. The highest BCUT2D eigenvalue weighted by Crippen LogP contribution is 2.42. The van der Waals surface area contributed by atoms with Crippen molar-refractivity contribution in [2.75, 3.05) is 20.3 Å². The average molecular weight is 209 g/mol. The standard InChI is InChI=1S/C13H23NO/c1-3-13(9-15-2)14-8-12-7-10-4-5-11(12)6-10/h4-5,10-14H,3,6-9H2,1-2H3/t10-,11-,12-,13+/m0/s1. The van der Waals surface area contributed by atoms with Crippen LogP contribution >= 0.6 is 0 Å². The summed E-state index contributed by atoms with van der Waals surface area (Å²) in [5, 5.41) is 3.64. The molecule has 2 aliphatic carbocycles. The Morgan fingerprint density at radius 3 is 2.80 bits per heavy atom. The fourth-order valence-electron chi connectivity index (χ4n) is 2.97. The Bertz CT molecular complexity index is 227. The molecular weight excluding hydrogens is 186 g/mol. The molecule has 2 rings (SSSR count). The van der Waals surface area contributed by atoms with Gasteiger partial charge in [0.2, 0.25) is 0 Å². The van der Waals surface area contributed by atoms with Crippen molar-refractivity contribution >= 4 is 0 Å². The lowest BCUT2D eigenvalue weighted by molar-refractivity contribution is 0.161. The number of rotatable bonds is 6. The third-order valence-electron chi connectivity index (χ3n) is 3.95. The molecule has 0 heterocycles. The lowest BCUT2D eigenvalue weighted by atomic mass is 9.93. The van der Waals surface area contributed by atoms with Crippen LogP contribution in [0.5, 0.6) is 0 Å². The van der Waals surface area contributed by atoms with Crippen LogP contribution in [0.15, 0.2) is 12.2 Å². The Labute approximate surface area is 93.1 Å². The highest BCUT2D eigenvalue weighted by atomic mass is 16.5. The Kier molecular flexibility index (Phi) is 3.81. The molecule has 4 atom stereocenters. The Balaban J connectivity index is 1.71. The Hall–Kier alpha value is -0.340. The second-order valence-corrected chi connectivity index (χ2v) is 5.01. The summed E-state index contributed by atoms with van der Waals surface area (Å²) in [6.45, 7) is 4.23. The fourth-order valence-corrected chi connectivity index (χ4v) is 2.97. The topological polar surface area (TPSA) is 21.3 Å². The van der Waals surface area contributed by atoms with E-state index in [0.717, 1.165) is 30.8 Å². The van der Waals surface area contributed by atoms with Crippen LogP contribution in [0.4, 0.5) is 0 Å². The molecule has 0 spiro atoms. The van der Waals surface area contributed by atoms with Gasteiger partial charge in [-0.15, -0.1) is 0 Å². The molecule has 0 amide bonds. The number of hydrogen-bond acceptors (Lipinski definition) is 2. The van der Waals surface area contributed by atoms with Crippen molar-refractivity contribution in [1.82, 2.24) is 5.32 Å². The first kappa shape index (κ1) is 11.2. The zero-order chi connectivity index (χ0) is 10.7. The van der Waals surface area contributed by atoms with E-state index in [9.17, 15) is 0 Å². The molecule has 2 aliphatic rings. The van der Waals surface area contributed by atoms with Crippen molar-refractivity contribution in [1.29, 1.82) is 0 Å². The molecule has 2 heteroatoms. The highest BCUT2D eigenvalue weighted by Gasteiger charge is 2.35. The molecule has 0 saturated heterocycles. The van der Waals surface area contributed by atoms with Crippen LogP contribution in [0.25, 0.3) is 0 Å². The van der Waals surface area contributed by atoms with Crippen molar-refractivity contribution < 1.29 is 4.74 Å². The van der Waals surface area contributed by atoms with Gasteiger partial charge in [-0.05, 0) is 43.6 Å². The maximum Gasteiger partial charge on any atom is 0.0615 e. The first-order chi connectivity index (χ1) is 7.33. The number of nitrogens with one attached hydrogen (secondary N) is 1. The van der Waals surface area contributed by atoms with E-state index in [-0.39, 0.29) is 0 Å². The van der Waals surface area contributed by atoms with Gasteiger partial charge in [-0.2, -0.15) is 0 Å². The summed E-state index contributed by atoms with van der Waals surface area (Å²) in [6.07, 6.45) is 8.81. The van der Waals surface area contributed by atoms with E-state index in [1.54, 1.807) is 7.11 Å². The smallest absolute Gasteiger partial charge is 0.0615 e. The molecule has 86 valence electrons. The van der Waals surface area contributed by atoms with Gasteiger partial charge in [-0.3, -0.25) is 0 Å². The normalized spacial score (nSPS) is 34.9. The summed E-state index contributed by atoms with van der Waals surface area (Å²) in [5.41, 5.74) is 0. The highest BCUT2D eigenvalue weighted by molar-refractivity contribution is 5.10. The van der Waals surface area contributed by atoms with Gasteiger partial charge in [-0.1, -0.05) is 19.1 Å². The summed E-state index contributed by atoms with van der Waals surface area (Å²) in [5.74, 6) is 2.64. The minimum absolute atomic E-state index is 0.540. The van der Waals surface area contributed by atoms with E-state index in [4.69, 9.17) is 4.74 Å². The second kappa shape index (κ2) is 5.13. The lowest BCUT2D eigenvalue weighted by Gasteiger charge is -2.22. The van der Waals surface area contributed by atoms with E-state index in [1.807, 2.05) is 0 Å². The minimum atomic E-state index is 0.540. The second-order valence-electron chi connectivity index (χ2n) is 5.01. The molecule has 0 aromatic heterocycles. The first-order valence-corrected chi connectivity index (χ1v) is 6.24. The molecule has 0 aliphatic heterocycles. The molecule has 2 nitrogen and oxygen atoms in total. The summed E-state index contributed by atoms with van der Waals surface area (Å²) >= 11 is 0. The molecule has 0 unspecified atom stereocenters. The van der Waals surface area contributed by atoms with Gasteiger partial charge in [0.1, 0.15) is 0 Å². The molecule has 1 saturated carbocycles. The van der Waals surface area contributed by atoms with Crippen molar-refractivity contribution in [2.45, 2.75) is 32.2 Å². The molecule has 2 bridgehead atoms. The van der Waals surface area contributed by atoms with Crippen LogP contribution in [-0.2, 0) is 4.74 Å². The van der Waals surface area contributed by atoms with Crippen LogP contribution in [0.2, 0.25) is 0 Å². The molecule has 0 radical (unpaired) electrons. The van der Waals surface area contributed by atoms with Gasteiger partial charge >= 0.3 is 0 Å². The van der Waals surface area contributed by atoms with Gasteiger partial charge in [-0.25, -0.2) is 0 Å². The fraction of sp³-hybridized carbons (Fsp3) is 0.846. The van der Waals surface area contributed by atoms with Crippen molar-refractivity contribution in [3.05, 3.63) is 12.2 Å². The monoisotopic (exact) mass is 209 g/mol. The van der Waals surface area contributed by atoms with Gasteiger partial charge < -0.3 is 10.1 Å². The number of methoxy groups -OCH3 is 1. The van der Waals surface area contributed by atoms with Crippen molar-refractivity contribution in [3.8, 4) is 0 Å². The van der Waals surface area contributed by atoms with Crippen LogP contribution in [-0.4, -0.2) is 26.3 Å². The van der Waals surface area contributed by atoms with Gasteiger partial charge in [0.15, 0.2) is 0 Å². The molecule has 1 N–H and O–H groups in total. The molecule has 15 heavy (non-hydrogen) atoms. The van der Waals surface area contributed by atoms with Crippen LogP contribution in [0.1, 0.15) is 26.2 Å². The van der Waals surface area contributed by atoms with Crippen LogP contribution in [0.3, 0.4) is 0 Å². The number of allylic oxidation sites excluding steroid dienone is 2. The average Bonchev–Trinajstić information content (AvgIpc) is 2.85. The number of fused-ring (bicyclic) bond motifs is 2. The van der Waals surface area contributed by atoms with Crippen LogP contribution in [0, 0.1) is 17.8 Å². The van der Waals surface area contributed by atoms with E-state index >= 15 is 0 Å². The summed E-state index contributed by atoms with van der Waals surface area (Å²) in [4.78, 5) is 0. The van der Waals surface area contributed by atoms with E-state index in [2.05, 4.69) is 24.4 Å². The van der Waals surface area contributed by atoms with E-state index in [1.165, 1.54) is 19.4 Å². The lowest BCUT2D eigenvalue weighted by Crippen LogP contribution is -2.37. The Morgan fingerprint density at radius 2 is 2.27 bits per heavy atom.